The van der Waals surface area contributed by atoms with Crippen molar-refractivity contribution in [2.24, 2.45) is 11.7 Å². The molecule has 1 heterocycles. The molecule has 3 heteroatoms. The zero-order valence-electron chi connectivity index (χ0n) is 12.0. The summed E-state index contributed by atoms with van der Waals surface area (Å²) in [6, 6.07) is 4.71. The van der Waals surface area contributed by atoms with Gasteiger partial charge in [-0.1, -0.05) is 6.07 Å². The second-order valence-electron chi connectivity index (χ2n) is 6.14. The van der Waals surface area contributed by atoms with Crippen molar-refractivity contribution < 1.29 is 9.47 Å². The van der Waals surface area contributed by atoms with Crippen LogP contribution in [0, 0.1) is 19.8 Å². The highest BCUT2D eigenvalue weighted by molar-refractivity contribution is 5.48. The fourth-order valence-electron chi connectivity index (χ4n) is 3.60. The van der Waals surface area contributed by atoms with Gasteiger partial charge in [-0.05, 0) is 55.4 Å². The lowest BCUT2D eigenvalue weighted by atomic mass is 9.58. The van der Waals surface area contributed by atoms with E-state index in [9.17, 15) is 0 Å². The summed E-state index contributed by atoms with van der Waals surface area (Å²) in [4.78, 5) is 0. The van der Waals surface area contributed by atoms with Gasteiger partial charge in [0.25, 0.3) is 0 Å². The molecule has 1 saturated heterocycles. The number of methoxy groups -OCH3 is 1. The lowest BCUT2D eigenvalue weighted by Gasteiger charge is -2.53. The summed E-state index contributed by atoms with van der Waals surface area (Å²) >= 11 is 0. The van der Waals surface area contributed by atoms with Crippen LogP contribution in [0.2, 0.25) is 0 Å². The van der Waals surface area contributed by atoms with Crippen LogP contribution in [0.25, 0.3) is 0 Å². The molecule has 104 valence electrons. The van der Waals surface area contributed by atoms with Gasteiger partial charge in [-0.25, -0.2) is 0 Å². The van der Waals surface area contributed by atoms with Crippen LogP contribution in [-0.2, 0) is 10.2 Å². The third kappa shape index (κ3) is 1.79. The van der Waals surface area contributed by atoms with Crippen molar-refractivity contribution in [1.82, 2.24) is 0 Å². The Balaban J connectivity index is 1.98. The van der Waals surface area contributed by atoms with Crippen LogP contribution in [0.1, 0.15) is 29.5 Å². The first kappa shape index (κ1) is 12.9. The topological polar surface area (TPSA) is 44.5 Å². The maximum Gasteiger partial charge on any atom is 0.122 e. The number of hydrogen-bond acceptors (Lipinski definition) is 3. The maximum atomic E-state index is 5.98. The fraction of sp³-hybridized carbons (Fsp3) is 0.625. The Morgan fingerprint density at radius 2 is 1.89 bits per heavy atom. The van der Waals surface area contributed by atoms with Crippen molar-refractivity contribution in [3.8, 4) is 5.75 Å². The third-order valence-electron chi connectivity index (χ3n) is 5.17. The van der Waals surface area contributed by atoms with Gasteiger partial charge in [-0.3, -0.25) is 0 Å². The van der Waals surface area contributed by atoms with Crippen molar-refractivity contribution >= 4 is 0 Å². The summed E-state index contributed by atoms with van der Waals surface area (Å²) in [6.45, 7) is 6.03. The molecule has 0 aromatic heterocycles. The Labute approximate surface area is 115 Å². The van der Waals surface area contributed by atoms with Gasteiger partial charge >= 0.3 is 0 Å². The van der Waals surface area contributed by atoms with Gasteiger partial charge in [0.2, 0.25) is 0 Å². The lowest BCUT2D eigenvalue weighted by Crippen LogP contribution is -2.58. The first-order valence-electron chi connectivity index (χ1n) is 7.06. The highest BCUT2D eigenvalue weighted by atomic mass is 16.5. The first-order chi connectivity index (χ1) is 9.08. The van der Waals surface area contributed by atoms with E-state index in [1.807, 2.05) is 0 Å². The fourth-order valence-corrected chi connectivity index (χ4v) is 3.60. The van der Waals surface area contributed by atoms with Gasteiger partial charge in [0.15, 0.2) is 0 Å². The number of rotatable bonds is 3. The minimum absolute atomic E-state index is 0.205. The van der Waals surface area contributed by atoms with Crippen LogP contribution in [0.3, 0.4) is 0 Å². The molecule has 19 heavy (non-hydrogen) atoms. The first-order valence-corrected chi connectivity index (χ1v) is 7.06. The molecule has 1 aliphatic carbocycles. The molecule has 2 aliphatic rings. The zero-order valence-corrected chi connectivity index (χ0v) is 12.0. The van der Waals surface area contributed by atoms with Crippen molar-refractivity contribution in [1.29, 1.82) is 0 Å². The smallest absolute Gasteiger partial charge is 0.122 e. The number of benzene rings is 1. The maximum absolute atomic E-state index is 5.98. The van der Waals surface area contributed by atoms with Crippen LogP contribution in [0.5, 0.6) is 5.75 Å². The van der Waals surface area contributed by atoms with E-state index in [-0.39, 0.29) is 5.41 Å². The molecule has 1 aliphatic heterocycles. The highest BCUT2D eigenvalue weighted by Gasteiger charge is 2.51. The van der Waals surface area contributed by atoms with Gasteiger partial charge in [0.05, 0.1) is 20.3 Å². The molecular weight excluding hydrogens is 238 g/mol. The molecule has 0 bridgehead atoms. The summed E-state index contributed by atoms with van der Waals surface area (Å²) in [6.07, 6.45) is 2.27. The molecule has 1 aromatic rings. The summed E-state index contributed by atoms with van der Waals surface area (Å²) in [5.41, 5.74) is 10.2. The van der Waals surface area contributed by atoms with E-state index in [2.05, 4.69) is 26.0 Å². The van der Waals surface area contributed by atoms with Crippen LogP contribution in [0.4, 0.5) is 0 Å². The van der Waals surface area contributed by atoms with Gasteiger partial charge in [-0.2, -0.15) is 0 Å². The summed E-state index contributed by atoms with van der Waals surface area (Å²) in [5.74, 6) is 1.66. The van der Waals surface area contributed by atoms with Crippen LogP contribution in [-0.4, -0.2) is 26.4 Å². The molecule has 0 radical (unpaired) electrons. The highest BCUT2D eigenvalue weighted by Crippen LogP contribution is 2.49. The van der Waals surface area contributed by atoms with Crippen LogP contribution < -0.4 is 10.5 Å². The minimum atomic E-state index is 0.205. The molecule has 3 nitrogen and oxygen atoms in total. The monoisotopic (exact) mass is 261 g/mol. The quantitative estimate of drug-likeness (QED) is 0.908. The molecule has 0 amide bonds. The van der Waals surface area contributed by atoms with Crippen LogP contribution >= 0.6 is 0 Å². The van der Waals surface area contributed by atoms with E-state index < -0.39 is 0 Å². The van der Waals surface area contributed by atoms with E-state index >= 15 is 0 Å². The number of ether oxygens (including phenoxy) is 2. The third-order valence-corrected chi connectivity index (χ3v) is 5.17. The van der Waals surface area contributed by atoms with E-state index in [0.717, 1.165) is 31.8 Å². The Hall–Kier alpha value is -1.06. The standard InChI is InChI=1S/C16H23NO2/c1-10-11(2)15(18-3)5-4-14(10)16(8-19-9-16)12-6-13(17)7-12/h4-5,12-13H,6-9,17H2,1-3H3. The molecule has 0 unspecified atom stereocenters. The molecule has 1 aromatic carbocycles. The van der Waals surface area contributed by atoms with E-state index in [1.54, 1.807) is 7.11 Å². The van der Waals surface area contributed by atoms with E-state index in [1.165, 1.54) is 16.7 Å². The second kappa shape index (κ2) is 4.50. The van der Waals surface area contributed by atoms with Crippen LogP contribution in [0.15, 0.2) is 12.1 Å². The van der Waals surface area contributed by atoms with Crippen molar-refractivity contribution in [2.75, 3.05) is 20.3 Å². The van der Waals surface area contributed by atoms with Gasteiger partial charge in [0.1, 0.15) is 5.75 Å². The van der Waals surface area contributed by atoms with Gasteiger partial charge in [-0.15, -0.1) is 0 Å². The molecule has 2 N–H and O–H groups in total. The Morgan fingerprint density at radius 3 is 2.37 bits per heavy atom. The Bertz CT molecular complexity index is 488. The van der Waals surface area contributed by atoms with Crippen molar-refractivity contribution in [3.05, 3.63) is 28.8 Å². The van der Waals surface area contributed by atoms with Gasteiger partial charge in [0, 0.05) is 11.5 Å². The van der Waals surface area contributed by atoms with E-state index in [0.29, 0.717) is 12.0 Å². The Morgan fingerprint density at radius 1 is 1.21 bits per heavy atom. The molecule has 1 saturated carbocycles. The summed E-state index contributed by atoms with van der Waals surface area (Å²) < 4.78 is 11.0. The Kier molecular flexibility index (Phi) is 3.06. The van der Waals surface area contributed by atoms with E-state index in [4.69, 9.17) is 15.2 Å². The molecule has 0 atom stereocenters. The normalized spacial score (nSPS) is 28.4. The molecular formula is C16H23NO2. The van der Waals surface area contributed by atoms with Crippen molar-refractivity contribution in [2.45, 2.75) is 38.1 Å². The zero-order chi connectivity index (χ0) is 13.6. The van der Waals surface area contributed by atoms with Crippen molar-refractivity contribution in [3.63, 3.8) is 0 Å². The minimum Gasteiger partial charge on any atom is -0.496 e. The molecule has 0 spiro atoms. The average molecular weight is 261 g/mol. The number of nitrogens with two attached hydrogens (primary N) is 1. The lowest BCUT2D eigenvalue weighted by molar-refractivity contribution is -0.111. The molecule has 3 rings (SSSR count). The summed E-state index contributed by atoms with van der Waals surface area (Å²) in [5, 5.41) is 0. The largest absolute Gasteiger partial charge is 0.496 e. The predicted octanol–water partition coefficient (Wildman–Crippen LogP) is 2.32. The number of hydrogen-bond donors (Lipinski definition) is 1. The average Bonchev–Trinajstić information content (AvgIpc) is 2.31. The predicted molar refractivity (Wildman–Crippen MR) is 75.7 cm³/mol. The molecule has 2 fully saturated rings. The summed E-state index contributed by atoms with van der Waals surface area (Å²) in [7, 11) is 1.73. The second-order valence-corrected chi connectivity index (χ2v) is 6.14. The van der Waals surface area contributed by atoms with Gasteiger partial charge < -0.3 is 15.2 Å². The SMILES string of the molecule is COc1ccc(C2(C3CC(N)C3)COC2)c(C)c1C.